The number of rotatable bonds is 8. The van der Waals surface area contributed by atoms with E-state index in [9.17, 15) is 0 Å². The molecule has 0 spiro atoms. The van der Waals surface area contributed by atoms with Crippen molar-refractivity contribution in [3.05, 3.63) is 112 Å². The lowest BCUT2D eigenvalue weighted by Crippen LogP contribution is -2.31. The van der Waals surface area contributed by atoms with E-state index in [1.54, 1.807) is 0 Å². The van der Waals surface area contributed by atoms with Crippen molar-refractivity contribution in [3.8, 4) is 5.69 Å². The van der Waals surface area contributed by atoms with Crippen LogP contribution in [0.25, 0.3) is 5.69 Å². The summed E-state index contributed by atoms with van der Waals surface area (Å²) in [6.07, 6.45) is 2.82. The molecule has 1 saturated heterocycles. The molecule has 36 heavy (non-hydrogen) atoms. The number of hydrogen-bond donors (Lipinski definition) is 2. The standard InChI is InChI=1S/C29H30BrN5S/c1-20-19-23(21(2)35(20)26-15-7-6-13-24(26)30)28-27(25-14-8-9-16-32-25)33-29(36)34(28)18-10-17-31-22-11-4-3-5-12-22/h3-9,11-16,19,27-28,31H,10,17-18H2,1-2H3,(H,33,36)/t27-,28+/m1/s1. The number of pyridine rings is 1. The Morgan fingerprint density at radius 3 is 2.50 bits per heavy atom. The van der Waals surface area contributed by atoms with Crippen molar-refractivity contribution in [2.75, 3.05) is 18.4 Å². The number of thiocarbonyl (C=S) groups is 1. The Bertz CT molecular complexity index is 1340. The van der Waals surface area contributed by atoms with E-state index in [4.69, 9.17) is 17.2 Å². The molecule has 184 valence electrons. The highest BCUT2D eigenvalue weighted by Gasteiger charge is 2.41. The van der Waals surface area contributed by atoms with E-state index < -0.39 is 0 Å². The van der Waals surface area contributed by atoms with Gasteiger partial charge in [0, 0.05) is 40.8 Å². The van der Waals surface area contributed by atoms with Gasteiger partial charge in [0.05, 0.1) is 23.5 Å². The van der Waals surface area contributed by atoms with Gasteiger partial charge in [0.2, 0.25) is 0 Å². The van der Waals surface area contributed by atoms with Crippen LogP contribution in [0.2, 0.25) is 0 Å². The van der Waals surface area contributed by atoms with Crippen LogP contribution in [0.1, 0.15) is 41.1 Å². The van der Waals surface area contributed by atoms with Crippen LogP contribution in [0.4, 0.5) is 5.69 Å². The largest absolute Gasteiger partial charge is 0.385 e. The molecule has 2 aromatic carbocycles. The maximum absolute atomic E-state index is 5.89. The summed E-state index contributed by atoms with van der Waals surface area (Å²) in [5, 5.41) is 7.89. The molecule has 4 aromatic rings. The smallest absolute Gasteiger partial charge is 0.170 e. The second-order valence-corrected chi connectivity index (χ2v) is 10.3. The highest BCUT2D eigenvalue weighted by molar-refractivity contribution is 9.10. The maximum atomic E-state index is 5.89. The molecule has 0 bridgehead atoms. The van der Waals surface area contributed by atoms with E-state index in [2.05, 4.69) is 104 Å². The summed E-state index contributed by atoms with van der Waals surface area (Å²) in [5.74, 6) is 0. The van der Waals surface area contributed by atoms with Crippen molar-refractivity contribution in [1.82, 2.24) is 19.8 Å². The Hall–Kier alpha value is -3.16. The summed E-state index contributed by atoms with van der Waals surface area (Å²) in [7, 11) is 0. The molecular weight excluding hydrogens is 530 g/mol. The van der Waals surface area contributed by atoms with Crippen molar-refractivity contribution in [2.24, 2.45) is 0 Å². The Morgan fingerprint density at radius 2 is 1.75 bits per heavy atom. The van der Waals surface area contributed by atoms with Gasteiger partial charge in [-0.15, -0.1) is 0 Å². The molecule has 0 aliphatic carbocycles. The van der Waals surface area contributed by atoms with Gasteiger partial charge in [0.15, 0.2) is 5.11 Å². The van der Waals surface area contributed by atoms with Gasteiger partial charge in [-0.25, -0.2) is 0 Å². The first-order chi connectivity index (χ1) is 17.5. The van der Waals surface area contributed by atoms with E-state index in [1.807, 2.05) is 30.5 Å². The number of nitrogens with zero attached hydrogens (tertiary/aromatic N) is 3. The fraction of sp³-hybridized carbons (Fsp3) is 0.241. The first kappa shape index (κ1) is 24.5. The summed E-state index contributed by atoms with van der Waals surface area (Å²) in [6, 6.07) is 27.1. The molecule has 5 nitrogen and oxygen atoms in total. The number of benzene rings is 2. The lowest BCUT2D eigenvalue weighted by atomic mass is 9.96. The molecule has 0 radical (unpaired) electrons. The number of hydrogen-bond acceptors (Lipinski definition) is 3. The number of para-hydroxylation sites is 2. The summed E-state index contributed by atoms with van der Waals surface area (Å²) in [5.41, 5.74) is 6.95. The fourth-order valence-electron chi connectivity index (χ4n) is 5.11. The number of nitrogens with one attached hydrogen (secondary N) is 2. The first-order valence-electron chi connectivity index (χ1n) is 12.3. The zero-order chi connectivity index (χ0) is 25.1. The number of aromatic nitrogens is 2. The average molecular weight is 561 g/mol. The van der Waals surface area contributed by atoms with E-state index in [1.165, 1.54) is 17.0 Å². The van der Waals surface area contributed by atoms with Gasteiger partial charge in [-0.3, -0.25) is 4.98 Å². The third-order valence-corrected chi connectivity index (χ3v) is 7.78. The molecule has 7 heteroatoms. The molecule has 1 aliphatic heterocycles. The molecule has 2 N–H and O–H groups in total. The normalized spacial score (nSPS) is 17.3. The van der Waals surface area contributed by atoms with Crippen LogP contribution >= 0.6 is 28.1 Å². The van der Waals surface area contributed by atoms with Gasteiger partial charge in [0.1, 0.15) is 0 Å². The van der Waals surface area contributed by atoms with Gasteiger partial charge in [0.25, 0.3) is 0 Å². The van der Waals surface area contributed by atoms with Gasteiger partial charge >= 0.3 is 0 Å². The van der Waals surface area contributed by atoms with E-state index in [0.29, 0.717) is 0 Å². The summed E-state index contributed by atoms with van der Waals surface area (Å²) < 4.78 is 3.40. The Labute approximate surface area is 226 Å². The first-order valence-corrected chi connectivity index (χ1v) is 13.5. The van der Waals surface area contributed by atoms with Crippen LogP contribution in [0.3, 0.4) is 0 Å². The van der Waals surface area contributed by atoms with Crippen LogP contribution in [0.5, 0.6) is 0 Å². The van der Waals surface area contributed by atoms with E-state index in [-0.39, 0.29) is 12.1 Å². The summed E-state index contributed by atoms with van der Waals surface area (Å²) in [6.45, 7) is 6.09. The lowest BCUT2D eigenvalue weighted by Gasteiger charge is -2.28. The number of halogens is 1. The average Bonchev–Trinajstić information content (AvgIpc) is 3.38. The molecule has 2 aromatic heterocycles. The zero-order valence-corrected chi connectivity index (χ0v) is 22.9. The summed E-state index contributed by atoms with van der Waals surface area (Å²) >= 11 is 9.63. The molecule has 1 fully saturated rings. The van der Waals surface area contributed by atoms with Gasteiger partial charge < -0.3 is 20.1 Å². The number of aryl methyl sites for hydroxylation is 1. The minimum Gasteiger partial charge on any atom is -0.385 e. The molecule has 0 unspecified atom stereocenters. The van der Waals surface area contributed by atoms with Crippen molar-refractivity contribution >= 4 is 38.9 Å². The third-order valence-electron chi connectivity index (χ3n) is 6.76. The van der Waals surface area contributed by atoms with E-state index >= 15 is 0 Å². The topological polar surface area (TPSA) is 45.1 Å². The van der Waals surface area contributed by atoms with Crippen molar-refractivity contribution in [2.45, 2.75) is 32.4 Å². The predicted molar refractivity (Wildman–Crippen MR) is 155 cm³/mol. The Kier molecular flexibility index (Phi) is 7.39. The highest BCUT2D eigenvalue weighted by atomic mass is 79.9. The third kappa shape index (κ3) is 4.90. The van der Waals surface area contributed by atoms with E-state index in [0.717, 1.165) is 46.2 Å². The quantitative estimate of drug-likeness (QED) is 0.185. The molecular formula is C29H30BrN5S. The van der Waals surface area contributed by atoms with Crippen LogP contribution in [-0.2, 0) is 0 Å². The van der Waals surface area contributed by atoms with Crippen LogP contribution < -0.4 is 10.6 Å². The molecule has 3 heterocycles. The minimum absolute atomic E-state index is 0.0195. The fourth-order valence-corrected chi connectivity index (χ4v) is 5.91. The monoisotopic (exact) mass is 559 g/mol. The van der Waals surface area contributed by atoms with Gasteiger partial charge in [-0.2, -0.15) is 0 Å². The summed E-state index contributed by atoms with van der Waals surface area (Å²) in [4.78, 5) is 7.04. The van der Waals surface area contributed by atoms with Crippen LogP contribution in [0, 0.1) is 13.8 Å². The van der Waals surface area contributed by atoms with Crippen molar-refractivity contribution in [3.63, 3.8) is 0 Å². The second kappa shape index (κ2) is 10.8. The molecule has 0 amide bonds. The molecule has 0 saturated carbocycles. The highest BCUT2D eigenvalue weighted by Crippen LogP contribution is 2.41. The molecule has 1 aliphatic rings. The SMILES string of the molecule is Cc1cc([C@H]2[C@@H](c3ccccn3)NC(=S)N2CCCNc2ccccc2)c(C)n1-c1ccccc1Br. The second-order valence-electron chi connectivity index (χ2n) is 9.08. The molecule has 2 atom stereocenters. The lowest BCUT2D eigenvalue weighted by molar-refractivity contribution is 0.315. The number of anilines is 1. The maximum Gasteiger partial charge on any atom is 0.170 e. The predicted octanol–water partition coefficient (Wildman–Crippen LogP) is 6.73. The van der Waals surface area contributed by atoms with Crippen LogP contribution in [0.15, 0.2) is 89.5 Å². The minimum atomic E-state index is -0.0195. The Balaban J connectivity index is 1.46. The van der Waals surface area contributed by atoms with Crippen molar-refractivity contribution in [1.29, 1.82) is 0 Å². The van der Waals surface area contributed by atoms with Gasteiger partial charge in [-0.05, 0) is 96.4 Å². The van der Waals surface area contributed by atoms with Crippen LogP contribution in [-0.4, -0.2) is 32.7 Å². The molecule has 5 rings (SSSR count). The van der Waals surface area contributed by atoms with Gasteiger partial charge in [-0.1, -0.05) is 36.4 Å². The van der Waals surface area contributed by atoms with Crippen molar-refractivity contribution < 1.29 is 0 Å². The zero-order valence-electron chi connectivity index (χ0n) is 20.5. The Morgan fingerprint density at radius 1 is 1.00 bits per heavy atom.